The smallest absolute Gasteiger partial charge is 0.332 e. The first-order valence-corrected chi connectivity index (χ1v) is 8.65. The Hall–Kier alpha value is -2.23. The Morgan fingerprint density at radius 2 is 1.67 bits per heavy atom. The average Bonchev–Trinajstić information content (AvgIpc) is 2.59. The lowest BCUT2D eigenvalue weighted by atomic mass is 10.1. The topological polar surface area (TPSA) is 106 Å². The Kier molecular flexibility index (Phi) is 8.10. The SMILES string of the molecule is CCCCCCCCCC(C#N)Nc1c(N)n(C)c(=O)n(C)c1=O. The summed E-state index contributed by atoms with van der Waals surface area (Å²) >= 11 is 0. The maximum atomic E-state index is 12.2. The molecule has 134 valence electrons. The number of aromatic nitrogens is 2. The standard InChI is InChI=1S/C17H29N5O2/c1-4-5-6-7-8-9-10-11-13(12-18)20-14-15(19)21(2)17(24)22(3)16(14)23/h13,20H,4-11,19H2,1-3H3. The molecule has 0 aliphatic carbocycles. The third kappa shape index (κ3) is 5.15. The molecule has 1 rings (SSSR count). The summed E-state index contributed by atoms with van der Waals surface area (Å²) in [5, 5.41) is 12.2. The molecule has 7 nitrogen and oxygen atoms in total. The van der Waals surface area contributed by atoms with Gasteiger partial charge in [0.1, 0.15) is 17.5 Å². The number of nitrogen functional groups attached to an aromatic ring is 1. The number of unbranched alkanes of at least 4 members (excludes halogenated alkanes) is 6. The molecule has 0 radical (unpaired) electrons. The van der Waals surface area contributed by atoms with Crippen LogP contribution in [-0.4, -0.2) is 15.2 Å². The number of nitrogens with zero attached hydrogens (tertiary/aromatic N) is 3. The fourth-order valence-corrected chi connectivity index (χ4v) is 2.64. The Morgan fingerprint density at radius 3 is 2.25 bits per heavy atom. The summed E-state index contributed by atoms with van der Waals surface area (Å²) in [6.07, 6.45) is 8.81. The highest BCUT2D eigenvalue weighted by atomic mass is 16.2. The van der Waals surface area contributed by atoms with E-state index in [0.717, 1.165) is 17.4 Å². The molecule has 0 saturated carbocycles. The molecule has 24 heavy (non-hydrogen) atoms. The van der Waals surface area contributed by atoms with Crippen LogP contribution in [0.3, 0.4) is 0 Å². The van der Waals surface area contributed by atoms with Gasteiger partial charge in [0.2, 0.25) is 0 Å². The van der Waals surface area contributed by atoms with Gasteiger partial charge in [-0.3, -0.25) is 13.9 Å². The molecule has 1 atom stereocenters. The molecular formula is C17H29N5O2. The van der Waals surface area contributed by atoms with Gasteiger partial charge in [0, 0.05) is 14.1 Å². The van der Waals surface area contributed by atoms with Gasteiger partial charge in [0.05, 0.1) is 6.07 Å². The van der Waals surface area contributed by atoms with Crippen LogP contribution in [0.25, 0.3) is 0 Å². The van der Waals surface area contributed by atoms with Crippen molar-refractivity contribution in [2.75, 3.05) is 11.1 Å². The molecule has 1 heterocycles. The van der Waals surface area contributed by atoms with Crippen molar-refractivity contribution in [3.8, 4) is 6.07 Å². The first kappa shape index (κ1) is 19.8. The molecule has 0 aliphatic rings. The van der Waals surface area contributed by atoms with Crippen LogP contribution in [0.1, 0.15) is 58.3 Å². The summed E-state index contributed by atoms with van der Waals surface area (Å²) in [7, 11) is 2.90. The van der Waals surface area contributed by atoms with E-state index < -0.39 is 17.3 Å². The third-order valence-electron chi connectivity index (χ3n) is 4.28. The van der Waals surface area contributed by atoms with E-state index in [0.29, 0.717) is 6.42 Å². The Labute approximate surface area is 143 Å². The maximum absolute atomic E-state index is 12.2. The predicted molar refractivity (Wildman–Crippen MR) is 97.0 cm³/mol. The molecule has 0 aliphatic heterocycles. The maximum Gasteiger partial charge on any atom is 0.332 e. The number of hydrogen-bond acceptors (Lipinski definition) is 5. The predicted octanol–water partition coefficient (Wildman–Crippen LogP) is 2.11. The van der Waals surface area contributed by atoms with E-state index in [-0.39, 0.29) is 11.5 Å². The molecular weight excluding hydrogens is 306 g/mol. The largest absolute Gasteiger partial charge is 0.383 e. The number of rotatable bonds is 10. The quantitative estimate of drug-likeness (QED) is 0.637. The zero-order chi connectivity index (χ0) is 18.1. The number of nitrogens with one attached hydrogen (secondary N) is 1. The van der Waals surface area contributed by atoms with Gasteiger partial charge in [-0.1, -0.05) is 51.9 Å². The van der Waals surface area contributed by atoms with Crippen LogP contribution in [0, 0.1) is 11.3 Å². The zero-order valence-corrected chi connectivity index (χ0v) is 15.0. The molecule has 1 unspecified atom stereocenters. The molecule has 0 spiro atoms. The van der Waals surface area contributed by atoms with Gasteiger partial charge in [0.25, 0.3) is 5.56 Å². The summed E-state index contributed by atoms with van der Waals surface area (Å²) in [5.41, 5.74) is 4.99. The second kappa shape index (κ2) is 9.81. The highest BCUT2D eigenvalue weighted by molar-refractivity contribution is 5.61. The van der Waals surface area contributed by atoms with Crippen LogP contribution in [0.2, 0.25) is 0 Å². The van der Waals surface area contributed by atoms with E-state index in [2.05, 4.69) is 18.3 Å². The third-order valence-corrected chi connectivity index (χ3v) is 4.28. The van der Waals surface area contributed by atoms with E-state index in [1.165, 1.54) is 50.8 Å². The Balaban J connectivity index is 2.63. The van der Waals surface area contributed by atoms with Crippen molar-refractivity contribution < 1.29 is 0 Å². The number of hydrogen-bond donors (Lipinski definition) is 2. The molecule has 0 bridgehead atoms. The van der Waals surface area contributed by atoms with Crippen LogP contribution in [0.5, 0.6) is 0 Å². The number of nitriles is 1. The summed E-state index contributed by atoms with van der Waals surface area (Å²) in [6, 6.07) is 1.68. The summed E-state index contributed by atoms with van der Waals surface area (Å²) < 4.78 is 2.19. The van der Waals surface area contributed by atoms with E-state index in [1.54, 1.807) is 0 Å². The second-order valence-electron chi connectivity index (χ2n) is 6.20. The van der Waals surface area contributed by atoms with Crippen molar-refractivity contribution in [1.29, 1.82) is 5.26 Å². The van der Waals surface area contributed by atoms with Crippen molar-refractivity contribution in [3.63, 3.8) is 0 Å². The van der Waals surface area contributed by atoms with Crippen molar-refractivity contribution in [2.24, 2.45) is 14.1 Å². The monoisotopic (exact) mass is 335 g/mol. The van der Waals surface area contributed by atoms with Crippen molar-refractivity contribution >= 4 is 11.5 Å². The van der Waals surface area contributed by atoms with Gasteiger partial charge in [-0.05, 0) is 6.42 Å². The van der Waals surface area contributed by atoms with Crippen molar-refractivity contribution in [2.45, 2.75) is 64.3 Å². The minimum Gasteiger partial charge on any atom is -0.383 e. The lowest BCUT2D eigenvalue weighted by Gasteiger charge is -2.16. The van der Waals surface area contributed by atoms with Crippen molar-refractivity contribution in [3.05, 3.63) is 20.8 Å². The highest BCUT2D eigenvalue weighted by Gasteiger charge is 2.16. The van der Waals surface area contributed by atoms with E-state index >= 15 is 0 Å². The van der Waals surface area contributed by atoms with Gasteiger partial charge >= 0.3 is 5.69 Å². The fraction of sp³-hybridized carbons (Fsp3) is 0.706. The average molecular weight is 335 g/mol. The molecule has 0 aromatic carbocycles. The normalized spacial score (nSPS) is 11.9. The van der Waals surface area contributed by atoms with Gasteiger partial charge in [-0.15, -0.1) is 0 Å². The summed E-state index contributed by atoms with van der Waals surface area (Å²) in [4.78, 5) is 24.0. The van der Waals surface area contributed by atoms with Crippen molar-refractivity contribution in [1.82, 2.24) is 9.13 Å². The van der Waals surface area contributed by atoms with Crippen LogP contribution < -0.4 is 22.3 Å². The van der Waals surface area contributed by atoms with Gasteiger partial charge in [0.15, 0.2) is 0 Å². The van der Waals surface area contributed by atoms with Gasteiger partial charge in [-0.2, -0.15) is 5.26 Å². The highest BCUT2D eigenvalue weighted by Crippen LogP contribution is 2.14. The molecule has 3 N–H and O–H groups in total. The Bertz CT molecular complexity index is 684. The lowest BCUT2D eigenvalue weighted by Crippen LogP contribution is -2.40. The lowest BCUT2D eigenvalue weighted by molar-refractivity contribution is 0.569. The van der Waals surface area contributed by atoms with Crippen LogP contribution in [0.4, 0.5) is 11.5 Å². The Morgan fingerprint density at radius 1 is 1.08 bits per heavy atom. The van der Waals surface area contributed by atoms with E-state index in [1.807, 2.05) is 0 Å². The van der Waals surface area contributed by atoms with Gasteiger partial charge < -0.3 is 11.1 Å². The van der Waals surface area contributed by atoms with E-state index in [9.17, 15) is 14.9 Å². The zero-order valence-electron chi connectivity index (χ0n) is 15.0. The first-order valence-electron chi connectivity index (χ1n) is 8.65. The minimum atomic E-state index is -0.504. The number of nitrogens with two attached hydrogens (primary N) is 1. The molecule has 0 amide bonds. The first-order chi connectivity index (χ1) is 11.4. The van der Waals surface area contributed by atoms with Crippen LogP contribution in [-0.2, 0) is 14.1 Å². The number of anilines is 2. The molecule has 0 saturated heterocycles. The minimum absolute atomic E-state index is 0.0583. The van der Waals surface area contributed by atoms with Gasteiger partial charge in [-0.25, -0.2) is 4.79 Å². The van der Waals surface area contributed by atoms with Crippen LogP contribution >= 0.6 is 0 Å². The van der Waals surface area contributed by atoms with Crippen LogP contribution in [0.15, 0.2) is 9.59 Å². The molecule has 0 fully saturated rings. The summed E-state index contributed by atoms with van der Waals surface area (Å²) in [6.45, 7) is 2.19. The van der Waals surface area contributed by atoms with E-state index in [4.69, 9.17) is 5.73 Å². The fourth-order valence-electron chi connectivity index (χ4n) is 2.64. The second-order valence-corrected chi connectivity index (χ2v) is 6.20. The molecule has 7 heteroatoms. The summed E-state index contributed by atoms with van der Waals surface area (Å²) in [5.74, 6) is 0.0583. The molecule has 1 aromatic heterocycles. The molecule has 1 aromatic rings.